The summed E-state index contributed by atoms with van der Waals surface area (Å²) in [6.07, 6.45) is 2.74. The molecule has 4 heteroatoms. The SMILES string of the molecule is CCNC1(C(=O)OC)CCC(Sc2ccc(C)cc2C)C1. The lowest BCUT2D eigenvalue weighted by Gasteiger charge is -2.27. The van der Waals surface area contributed by atoms with Crippen molar-refractivity contribution in [1.82, 2.24) is 5.32 Å². The van der Waals surface area contributed by atoms with Gasteiger partial charge in [0, 0.05) is 10.1 Å². The first kappa shape index (κ1) is 16.4. The molecule has 3 nitrogen and oxygen atoms in total. The van der Waals surface area contributed by atoms with Crippen molar-refractivity contribution in [2.75, 3.05) is 13.7 Å². The number of ether oxygens (including phenoxy) is 1. The van der Waals surface area contributed by atoms with Crippen molar-refractivity contribution in [2.24, 2.45) is 0 Å². The van der Waals surface area contributed by atoms with Gasteiger partial charge in [0.15, 0.2) is 0 Å². The van der Waals surface area contributed by atoms with Crippen LogP contribution in [0.1, 0.15) is 37.3 Å². The molecule has 0 amide bonds. The maximum atomic E-state index is 12.1. The van der Waals surface area contributed by atoms with E-state index in [1.165, 1.54) is 23.1 Å². The molecule has 1 fully saturated rings. The first-order valence-electron chi connectivity index (χ1n) is 7.58. The van der Waals surface area contributed by atoms with E-state index >= 15 is 0 Å². The molecule has 21 heavy (non-hydrogen) atoms. The first-order valence-corrected chi connectivity index (χ1v) is 8.46. The van der Waals surface area contributed by atoms with Gasteiger partial charge in [-0.2, -0.15) is 0 Å². The Morgan fingerprint density at radius 2 is 2.24 bits per heavy atom. The van der Waals surface area contributed by atoms with Crippen LogP contribution in [-0.4, -0.2) is 30.4 Å². The van der Waals surface area contributed by atoms with Crippen LogP contribution in [0.15, 0.2) is 23.1 Å². The van der Waals surface area contributed by atoms with Gasteiger partial charge in [-0.1, -0.05) is 24.6 Å². The Balaban J connectivity index is 2.08. The summed E-state index contributed by atoms with van der Waals surface area (Å²) in [7, 11) is 1.48. The number of carbonyl (C=O) groups is 1. The smallest absolute Gasteiger partial charge is 0.326 e. The van der Waals surface area contributed by atoms with Crippen LogP contribution in [0.25, 0.3) is 0 Å². The molecule has 0 saturated heterocycles. The second-order valence-electron chi connectivity index (χ2n) is 5.86. The number of hydrogen-bond donors (Lipinski definition) is 1. The van der Waals surface area contributed by atoms with Gasteiger partial charge in [-0.3, -0.25) is 4.79 Å². The Labute approximate surface area is 131 Å². The summed E-state index contributed by atoms with van der Waals surface area (Å²) < 4.78 is 5.02. The van der Waals surface area contributed by atoms with Crippen LogP contribution in [0.4, 0.5) is 0 Å². The molecule has 0 bridgehead atoms. The van der Waals surface area contributed by atoms with Crippen LogP contribution < -0.4 is 5.32 Å². The minimum Gasteiger partial charge on any atom is -0.468 e. The highest BCUT2D eigenvalue weighted by atomic mass is 32.2. The zero-order valence-electron chi connectivity index (χ0n) is 13.4. The molecule has 1 aromatic rings. The number of rotatable bonds is 5. The molecule has 2 rings (SSSR count). The second-order valence-corrected chi connectivity index (χ2v) is 7.20. The van der Waals surface area contributed by atoms with Gasteiger partial charge in [-0.25, -0.2) is 0 Å². The fraction of sp³-hybridized carbons (Fsp3) is 0.588. The zero-order chi connectivity index (χ0) is 15.5. The van der Waals surface area contributed by atoms with Crippen LogP contribution >= 0.6 is 11.8 Å². The monoisotopic (exact) mass is 307 g/mol. The Hall–Kier alpha value is -1.00. The van der Waals surface area contributed by atoms with Gasteiger partial charge in [0.05, 0.1) is 7.11 Å². The maximum Gasteiger partial charge on any atom is 0.326 e. The molecule has 0 spiro atoms. The largest absolute Gasteiger partial charge is 0.468 e. The van der Waals surface area contributed by atoms with Gasteiger partial charge in [-0.15, -0.1) is 11.8 Å². The molecule has 1 saturated carbocycles. The van der Waals surface area contributed by atoms with Crippen LogP contribution in [0.5, 0.6) is 0 Å². The molecule has 1 aromatic carbocycles. The quantitative estimate of drug-likeness (QED) is 0.845. The van der Waals surface area contributed by atoms with E-state index in [1.807, 2.05) is 18.7 Å². The van der Waals surface area contributed by atoms with E-state index < -0.39 is 5.54 Å². The lowest BCUT2D eigenvalue weighted by Crippen LogP contribution is -2.50. The molecule has 1 N–H and O–H groups in total. The predicted octanol–water partition coefficient (Wildman–Crippen LogP) is 3.47. The summed E-state index contributed by atoms with van der Waals surface area (Å²) in [5, 5.41) is 3.82. The lowest BCUT2D eigenvalue weighted by molar-refractivity contribution is -0.148. The molecule has 2 atom stereocenters. The molecule has 0 aromatic heterocycles. The third kappa shape index (κ3) is 3.61. The zero-order valence-corrected chi connectivity index (χ0v) is 14.2. The van der Waals surface area contributed by atoms with Crippen molar-refractivity contribution in [2.45, 2.75) is 55.7 Å². The lowest BCUT2D eigenvalue weighted by atomic mass is 9.98. The third-order valence-electron chi connectivity index (χ3n) is 4.18. The number of aryl methyl sites for hydroxylation is 2. The van der Waals surface area contributed by atoms with Crippen LogP contribution in [0.2, 0.25) is 0 Å². The molecule has 1 aliphatic carbocycles. The van der Waals surface area contributed by atoms with E-state index in [0.717, 1.165) is 25.8 Å². The highest BCUT2D eigenvalue weighted by molar-refractivity contribution is 8.00. The Morgan fingerprint density at radius 3 is 2.86 bits per heavy atom. The number of carbonyl (C=O) groups excluding carboxylic acids is 1. The number of likely N-dealkylation sites (N-methyl/N-ethyl adjacent to an activating group) is 1. The van der Waals surface area contributed by atoms with Crippen LogP contribution in [-0.2, 0) is 9.53 Å². The van der Waals surface area contributed by atoms with Crippen molar-refractivity contribution in [3.63, 3.8) is 0 Å². The van der Waals surface area contributed by atoms with Crippen LogP contribution in [0, 0.1) is 13.8 Å². The van der Waals surface area contributed by atoms with Gasteiger partial charge in [0.1, 0.15) is 5.54 Å². The summed E-state index contributed by atoms with van der Waals surface area (Å²) in [5.74, 6) is -0.118. The van der Waals surface area contributed by atoms with Crippen molar-refractivity contribution in [3.8, 4) is 0 Å². The van der Waals surface area contributed by atoms with Crippen LogP contribution in [0.3, 0.4) is 0 Å². The average molecular weight is 307 g/mol. The Morgan fingerprint density at radius 1 is 1.48 bits per heavy atom. The van der Waals surface area contributed by atoms with Crippen molar-refractivity contribution in [1.29, 1.82) is 0 Å². The molecule has 1 aliphatic rings. The van der Waals surface area contributed by atoms with Crippen molar-refractivity contribution in [3.05, 3.63) is 29.3 Å². The topological polar surface area (TPSA) is 38.3 Å². The number of methoxy groups -OCH3 is 1. The molecular formula is C17H25NO2S. The van der Waals surface area contributed by atoms with Gasteiger partial charge in [-0.05, 0) is 51.3 Å². The van der Waals surface area contributed by atoms with Gasteiger partial charge in [0.25, 0.3) is 0 Å². The predicted molar refractivity (Wildman–Crippen MR) is 87.8 cm³/mol. The highest BCUT2D eigenvalue weighted by Crippen LogP contribution is 2.41. The van der Waals surface area contributed by atoms with E-state index in [2.05, 4.69) is 37.4 Å². The molecule has 2 unspecified atom stereocenters. The summed E-state index contributed by atoms with van der Waals surface area (Å²) in [6.45, 7) is 7.10. The normalized spacial score (nSPS) is 25.0. The first-order chi connectivity index (χ1) is 10.0. The Kier molecular flexibility index (Phi) is 5.33. The second kappa shape index (κ2) is 6.84. The molecule has 0 radical (unpaired) electrons. The van der Waals surface area contributed by atoms with Gasteiger partial charge < -0.3 is 10.1 Å². The molecule has 0 heterocycles. The minimum atomic E-state index is -0.486. The Bertz CT molecular complexity index is 518. The van der Waals surface area contributed by atoms with Gasteiger partial charge in [0.2, 0.25) is 0 Å². The van der Waals surface area contributed by atoms with E-state index in [4.69, 9.17) is 4.74 Å². The third-order valence-corrected chi connectivity index (χ3v) is 5.63. The molecular weight excluding hydrogens is 282 g/mol. The number of thioether (sulfide) groups is 1. The van der Waals surface area contributed by atoms with Gasteiger partial charge >= 0.3 is 5.97 Å². The maximum absolute atomic E-state index is 12.1. The number of esters is 1. The van der Waals surface area contributed by atoms with E-state index in [-0.39, 0.29) is 5.97 Å². The fourth-order valence-electron chi connectivity index (χ4n) is 3.16. The number of hydrogen-bond acceptors (Lipinski definition) is 4. The summed E-state index contributed by atoms with van der Waals surface area (Å²) in [6, 6.07) is 6.57. The van der Waals surface area contributed by atoms with Crippen molar-refractivity contribution < 1.29 is 9.53 Å². The summed E-state index contributed by atoms with van der Waals surface area (Å²) in [4.78, 5) is 13.5. The summed E-state index contributed by atoms with van der Waals surface area (Å²) in [5.41, 5.74) is 2.12. The van der Waals surface area contributed by atoms with E-state index in [0.29, 0.717) is 5.25 Å². The van der Waals surface area contributed by atoms with E-state index in [1.54, 1.807) is 0 Å². The van der Waals surface area contributed by atoms with E-state index in [9.17, 15) is 4.79 Å². The van der Waals surface area contributed by atoms with Crippen molar-refractivity contribution >= 4 is 17.7 Å². The highest BCUT2D eigenvalue weighted by Gasteiger charge is 2.45. The number of benzene rings is 1. The molecule has 116 valence electrons. The fourth-order valence-corrected chi connectivity index (χ4v) is 4.52. The molecule has 0 aliphatic heterocycles. The summed E-state index contributed by atoms with van der Waals surface area (Å²) >= 11 is 1.89. The number of nitrogens with one attached hydrogen (secondary N) is 1. The minimum absolute atomic E-state index is 0.118. The average Bonchev–Trinajstić information content (AvgIpc) is 2.86. The standard InChI is InChI=1S/C17H25NO2S/c1-5-18-17(16(19)20-4)9-8-14(11-17)21-15-7-6-12(2)10-13(15)3/h6-7,10,14,18H,5,8-9,11H2,1-4H3.